The molecule has 0 saturated carbocycles. The summed E-state index contributed by atoms with van der Waals surface area (Å²) < 4.78 is 7.01. The third kappa shape index (κ3) is 3.85. The molecule has 1 aromatic heterocycles. The van der Waals surface area contributed by atoms with Crippen LogP contribution in [0.3, 0.4) is 0 Å². The number of carbonyl (C=O) groups excluding carboxylic acids is 1. The Bertz CT molecular complexity index is 737. The molecule has 0 radical (unpaired) electrons. The van der Waals surface area contributed by atoms with Crippen LogP contribution in [0, 0.1) is 0 Å². The number of carbonyl (C=O) groups is 1. The van der Waals surface area contributed by atoms with Gasteiger partial charge in [0.2, 0.25) is 5.91 Å². The van der Waals surface area contributed by atoms with Crippen LogP contribution < -0.4 is 5.32 Å². The normalized spacial score (nSPS) is 20.2. The number of rotatable bonds is 4. The molecule has 1 amide bonds. The summed E-state index contributed by atoms with van der Waals surface area (Å²) in [6, 6.07) is 9.08. The monoisotopic (exact) mass is 340 g/mol. The number of hydrogen-bond donors (Lipinski definition) is 1. The van der Waals surface area contributed by atoms with Gasteiger partial charge in [-0.3, -0.25) is 9.48 Å². The lowest BCUT2D eigenvalue weighted by Crippen LogP contribution is -2.42. The van der Waals surface area contributed by atoms with Crippen molar-refractivity contribution < 1.29 is 9.53 Å². The van der Waals surface area contributed by atoms with Gasteiger partial charge < -0.3 is 15.0 Å². The predicted molar refractivity (Wildman–Crippen MR) is 95.5 cm³/mol. The zero-order valence-electron chi connectivity index (χ0n) is 14.4. The molecule has 1 saturated heterocycles. The van der Waals surface area contributed by atoms with Gasteiger partial charge >= 0.3 is 0 Å². The number of anilines is 1. The molecule has 2 aromatic rings. The minimum atomic E-state index is 0.101. The number of nitrogens with one attached hydrogen (secondary N) is 1. The molecule has 132 valence electrons. The zero-order valence-corrected chi connectivity index (χ0v) is 14.4. The zero-order chi connectivity index (χ0) is 17.1. The summed E-state index contributed by atoms with van der Waals surface area (Å²) in [6.45, 7) is 2.89. The van der Waals surface area contributed by atoms with Gasteiger partial charge in [-0.05, 0) is 30.4 Å². The van der Waals surface area contributed by atoms with Crippen LogP contribution in [0.15, 0.2) is 36.7 Å². The minimum absolute atomic E-state index is 0.101. The van der Waals surface area contributed by atoms with E-state index in [-0.39, 0.29) is 12.5 Å². The number of fused-ring (bicyclic) bond motifs is 1. The van der Waals surface area contributed by atoms with E-state index in [2.05, 4.69) is 34.7 Å². The van der Waals surface area contributed by atoms with Gasteiger partial charge in [0.1, 0.15) is 6.54 Å². The van der Waals surface area contributed by atoms with E-state index in [0.717, 1.165) is 24.9 Å². The molecule has 2 aliphatic rings. The lowest BCUT2D eigenvalue weighted by molar-refractivity contribution is -0.136. The van der Waals surface area contributed by atoms with Gasteiger partial charge in [0, 0.05) is 25.3 Å². The number of benzene rings is 1. The van der Waals surface area contributed by atoms with Crippen LogP contribution in [-0.4, -0.2) is 52.9 Å². The highest BCUT2D eigenvalue weighted by Gasteiger charge is 2.20. The number of nitrogens with zero attached hydrogens (tertiary/aromatic N) is 3. The average molecular weight is 340 g/mol. The molecule has 1 aromatic carbocycles. The van der Waals surface area contributed by atoms with Crippen LogP contribution >= 0.6 is 0 Å². The van der Waals surface area contributed by atoms with E-state index < -0.39 is 0 Å². The molecular weight excluding hydrogens is 316 g/mol. The fraction of sp³-hybridized carbons (Fsp3) is 0.474. The molecule has 4 rings (SSSR count). The van der Waals surface area contributed by atoms with E-state index in [1.807, 2.05) is 17.3 Å². The fourth-order valence-corrected chi connectivity index (χ4v) is 3.63. The summed E-state index contributed by atoms with van der Waals surface area (Å²) in [7, 11) is 0. The second-order valence-electron chi connectivity index (χ2n) is 6.77. The van der Waals surface area contributed by atoms with Gasteiger partial charge in [0.05, 0.1) is 25.1 Å². The number of hydrogen-bond acceptors (Lipinski definition) is 4. The van der Waals surface area contributed by atoms with Crippen LogP contribution in [0.1, 0.15) is 17.5 Å². The standard InChI is InChI=1S/C19H24N4O2/c24-19(22-7-9-25-10-8-22)14-23-13-18(12-20-23)21-17-6-5-15-3-1-2-4-16(15)11-17/h1-4,12-13,17,21H,5-11,14H2/t17-/m1/s1. The van der Waals surface area contributed by atoms with Crippen molar-refractivity contribution in [3.63, 3.8) is 0 Å². The highest BCUT2D eigenvalue weighted by molar-refractivity contribution is 5.76. The van der Waals surface area contributed by atoms with Crippen molar-refractivity contribution in [3.8, 4) is 0 Å². The SMILES string of the molecule is O=C(Cn1cc(N[C@@H]2CCc3ccccc3C2)cn1)N1CCOCC1. The van der Waals surface area contributed by atoms with Gasteiger partial charge in [-0.25, -0.2) is 0 Å². The Balaban J connectivity index is 1.33. The summed E-state index contributed by atoms with van der Waals surface area (Å²) in [5, 5.41) is 7.90. The first-order chi connectivity index (χ1) is 12.3. The predicted octanol–water partition coefficient (Wildman–Crippen LogP) is 1.71. The molecule has 25 heavy (non-hydrogen) atoms. The number of ether oxygens (including phenoxy) is 1. The van der Waals surface area contributed by atoms with Crippen LogP contribution in [0.5, 0.6) is 0 Å². The Morgan fingerprint density at radius 2 is 2.04 bits per heavy atom. The lowest BCUT2D eigenvalue weighted by Gasteiger charge is -2.26. The maximum Gasteiger partial charge on any atom is 0.244 e. The van der Waals surface area contributed by atoms with Crippen LogP contribution in [-0.2, 0) is 28.9 Å². The summed E-state index contributed by atoms with van der Waals surface area (Å²) in [6.07, 6.45) is 7.01. The van der Waals surface area contributed by atoms with Crippen molar-refractivity contribution in [3.05, 3.63) is 47.8 Å². The fourth-order valence-electron chi connectivity index (χ4n) is 3.63. The first kappa shape index (κ1) is 16.1. The number of amides is 1. The molecule has 1 atom stereocenters. The summed E-state index contributed by atoms with van der Waals surface area (Å²) in [5.41, 5.74) is 3.88. The minimum Gasteiger partial charge on any atom is -0.379 e. The molecular formula is C19H24N4O2. The van der Waals surface area contributed by atoms with Crippen LogP contribution in [0.25, 0.3) is 0 Å². The second kappa shape index (κ2) is 7.27. The van der Waals surface area contributed by atoms with Crippen molar-refractivity contribution in [2.24, 2.45) is 0 Å². The van der Waals surface area contributed by atoms with Crippen molar-refractivity contribution >= 4 is 11.6 Å². The first-order valence-electron chi connectivity index (χ1n) is 8.99. The number of morpholine rings is 1. The largest absolute Gasteiger partial charge is 0.379 e. The highest BCUT2D eigenvalue weighted by Crippen LogP contribution is 2.23. The average Bonchev–Trinajstić information content (AvgIpc) is 3.09. The smallest absolute Gasteiger partial charge is 0.244 e. The van der Waals surface area contributed by atoms with E-state index in [1.54, 1.807) is 4.68 Å². The summed E-state index contributed by atoms with van der Waals surface area (Å²) in [4.78, 5) is 14.1. The van der Waals surface area contributed by atoms with Gasteiger partial charge in [-0.15, -0.1) is 0 Å². The van der Waals surface area contributed by atoms with Crippen molar-refractivity contribution in [2.45, 2.75) is 31.8 Å². The van der Waals surface area contributed by atoms with E-state index in [1.165, 1.54) is 11.1 Å². The van der Waals surface area contributed by atoms with Crippen molar-refractivity contribution in [2.75, 3.05) is 31.6 Å². The molecule has 6 nitrogen and oxygen atoms in total. The van der Waals surface area contributed by atoms with Gasteiger partial charge in [-0.1, -0.05) is 24.3 Å². The molecule has 2 heterocycles. The van der Waals surface area contributed by atoms with Gasteiger partial charge in [0.25, 0.3) is 0 Å². The third-order valence-electron chi connectivity index (χ3n) is 5.01. The van der Waals surface area contributed by atoms with Gasteiger partial charge in [-0.2, -0.15) is 5.10 Å². The highest BCUT2D eigenvalue weighted by atomic mass is 16.5. The maximum atomic E-state index is 12.3. The lowest BCUT2D eigenvalue weighted by atomic mass is 9.88. The second-order valence-corrected chi connectivity index (χ2v) is 6.77. The quantitative estimate of drug-likeness (QED) is 0.921. The van der Waals surface area contributed by atoms with E-state index in [0.29, 0.717) is 32.3 Å². The Morgan fingerprint density at radius 1 is 1.24 bits per heavy atom. The third-order valence-corrected chi connectivity index (χ3v) is 5.01. The Labute approximate surface area is 147 Å². The molecule has 0 spiro atoms. The Hall–Kier alpha value is -2.34. The molecule has 0 unspecified atom stereocenters. The molecule has 1 N–H and O–H groups in total. The van der Waals surface area contributed by atoms with E-state index >= 15 is 0 Å². The Kier molecular flexibility index (Phi) is 4.70. The summed E-state index contributed by atoms with van der Waals surface area (Å²) >= 11 is 0. The number of aromatic nitrogens is 2. The Morgan fingerprint density at radius 3 is 2.88 bits per heavy atom. The first-order valence-corrected chi connectivity index (χ1v) is 8.99. The molecule has 1 fully saturated rings. The van der Waals surface area contributed by atoms with Crippen molar-refractivity contribution in [1.82, 2.24) is 14.7 Å². The maximum absolute atomic E-state index is 12.3. The van der Waals surface area contributed by atoms with E-state index in [4.69, 9.17) is 4.74 Å². The molecule has 0 bridgehead atoms. The van der Waals surface area contributed by atoms with Crippen LogP contribution in [0.2, 0.25) is 0 Å². The number of aryl methyl sites for hydroxylation is 1. The summed E-state index contributed by atoms with van der Waals surface area (Å²) in [5.74, 6) is 0.101. The van der Waals surface area contributed by atoms with Crippen LogP contribution in [0.4, 0.5) is 5.69 Å². The van der Waals surface area contributed by atoms with Gasteiger partial charge in [0.15, 0.2) is 0 Å². The molecule has 1 aliphatic carbocycles. The topological polar surface area (TPSA) is 59.4 Å². The van der Waals surface area contributed by atoms with E-state index in [9.17, 15) is 4.79 Å². The molecule has 6 heteroatoms. The molecule has 1 aliphatic heterocycles. The van der Waals surface area contributed by atoms with Crippen molar-refractivity contribution in [1.29, 1.82) is 0 Å².